The lowest BCUT2D eigenvalue weighted by atomic mass is 10.1. The minimum absolute atomic E-state index is 0.0180. The van der Waals surface area contributed by atoms with Gasteiger partial charge in [-0.05, 0) is 24.1 Å². The van der Waals surface area contributed by atoms with E-state index < -0.39 is 0 Å². The summed E-state index contributed by atoms with van der Waals surface area (Å²) >= 11 is 5.94. The lowest BCUT2D eigenvalue weighted by Gasteiger charge is -2.34. The van der Waals surface area contributed by atoms with Gasteiger partial charge in [-0.1, -0.05) is 23.7 Å². The number of nitrogens with two attached hydrogens (primary N) is 1. The molecule has 1 aromatic rings. The maximum Gasteiger partial charge on any atom is 0.317 e. The number of carbonyl (C=O) groups is 1. The molecule has 1 saturated heterocycles. The molecule has 1 heterocycles. The molecule has 5 nitrogen and oxygen atoms in total. The molecular formula is C15H23ClN4O. The van der Waals surface area contributed by atoms with E-state index in [0.717, 1.165) is 49.7 Å². The first kappa shape index (κ1) is 16.1. The van der Waals surface area contributed by atoms with Gasteiger partial charge in [0, 0.05) is 50.8 Å². The van der Waals surface area contributed by atoms with Crippen LogP contribution in [0.1, 0.15) is 5.56 Å². The summed E-state index contributed by atoms with van der Waals surface area (Å²) in [5.41, 5.74) is 6.68. The Hall–Kier alpha value is -1.30. The van der Waals surface area contributed by atoms with E-state index in [1.165, 1.54) is 0 Å². The fourth-order valence-corrected chi connectivity index (χ4v) is 2.69. The van der Waals surface area contributed by atoms with Crippen LogP contribution in [0, 0.1) is 0 Å². The largest absolute Gasteiger partial charge is 0.338 e. The van der Waals surface area contributed by atoms with Crippen LogP contribution in [0.5, 0.6) is 0 Å². The maximum atomic E-state index is 12.1. The Balaban J connectivity index is 1.68. The summed E-state index contributed by atoms with van der Waals surface area (Å²) in [7, 11) is 0. The van der Waals surface area contributed by atoms with Crippen molar-refractivity contribution in [2.24, 2.45) is 5.73 Å². The van der Waals surface area contributed by atoms with Crippen LogP contribution in [0.3, 0.4) is 0 Å². The number of hydrogen-bond donors (Lipinski definition) is 2. The summed E-state index contributed by atoms with van der Waals surface area (Å²) in [6, 6.07) is 7.74. The van der Waals surface area contributed by atoms with Crippen molar-refractivity contribution in [2.75, 3.05) is 45.8 Å². The van der Waals surface area contributed by atoms with E-state index in [9.17, 15) is 4.79 Å². The number of urea groups is 1. The lowest BCUT2D eigenvalue weighted by molar-refractivity contribution is 0.141. The summed E-state index contributed by atoms with van der Waals surface area (Å²) in [6.07, 6.45) is 0.791. The highest BCUT2D eigenvalue weighted by Crippen LogP contribution is 2.10. The second kappa shape index (κ2) is 8.22. The van der Waals surface area contributed by atoms with Crippen molar-refractivity contribution in [1.29, 1.82) is 0 Å². The highest BCUT2D eigenvalue weighted by molar-refractivity contribution is 6.30. The van der Waals surface area contributed by atoms with Gasteiger partial charge < -0.3 is 16.0 Å². The number of benzene rings is 1. The van der Waals surface area contributed by atoms with Gasteiger partial charge in [-0.15, -0.1) is 0 Å². The van der Waals surface area contributed by atoms with E-state index in [1.54, 1.807) is 0 Å². The number of amides is 2. The monoisotopic (exact) mass is 310 g/mol. The fraction of sp³-hybridized carbons (Fsp3) is 0.533. The normalized spacial score (nSPS) is 16.0. The van der Waals surface area contributed by atoms with Crippen LogP contribution >= 0.6 is 11.6 Å². The summed E-state index contributed by atoms with van der Waals surface area (Å²) in [5, 5.41) is 3.70. The molecule has 1 aromatic carbocycles. The number of nitrogens with one attached hydrogen (secondary N) is 1. The summed E-state index contributed by atoms with van der Waals surface area (Å²) < 4.78 is 0. The third-order valence-electron chi connectivity index (χ3n) is 3.68. The summed E-state index contributed by atoms with van der Waals surface area (Å²) in [4.78, 5) is 16.2. The second-order valence-corrected chi connectivity index (χ2v) is 5.67. The Morgan fingerprint density at radius 1 is 1.29 bits per heavy atom. The van der Waals surface area contributed by atoms with E-state index in [2.05, 4.69) is 10.2 Å². The number of carbonyl (C=O) groups excluding carboxylic acids is 1. The van der Waals surface area contributed by atoms with Gasteiger partial charge in [-0.3, -0.25) is 4.90 Å². The Morgan fingerprint density at radius 3 is 2.71 bits per heavy atom. The van der Waals surface area contributed by atoms with E-state index in [1.807, 2.05) is 29.2 Å². The molecular weight excluding hydrogens is 288 g/mol. The number of rotatable bonds is 5. The zero-order valence-corrected chi connectivity index (χ0v) is 13.0. The van der Waals surface area contributed by atoms with E-state index in [0.29, 0.717) is 13.1 Å². The molecule has 0 atom stereocenters. The van der Waals surface area contributed by atoms with Crippen LogP contribution in [0.15, 0.2) is 24.3 Å². The number of halogens is 1. The van der Waals surface area contributed by atoms with Gasteiger partial charge in [0.05, 0.1) is 0 Å². The molecule has 1 aliphatic heterocycles. The Kier molecular flexibility index (Phi) is 6.29. The van der Waals surface area contributed by atoms with Crippen molar-refractivity contribution in [3.63, 3.8) is 0 Å². The van der Waals surface area contributed by atoms with Gasteiger partial charge in [0.15, 0.2) is 0 Å². The molecule has 6 heteroatoms. The molecule has 0 radical (unpaired) electrons. The zero-order valence-electron chi connectivity index (χ0n) is 12.2. The Bertz CT molecular complexity index is 461. The average molecular weight is 311 g/mol. The van der Waals surface area contributed by atoms with Crippen LogP contribution in [-0.2, 0) is 6.42 Å². The standard InChI is InChI=1S/C15H23ClN4O/c16-14-3-1-2-13(12-14)4-6-18-15(21)20-10-8-19(7-5-17)9-11-20/h1-3,12H,4-11,17H2,(H,18,21). The van der Waals surface area contributed by atoms with Crippen molar-refractivity contribution >= 4 is 17.6 Å². The summed E-state index contributed by atoms with van der Waals surface area (Å²) in [5.74, 6) is 0. The van der Waals surface area contributed by atoms with E-state index in [4.69, 9.17) is 17.3 Å². The zero-order chi connectivity index (χ0) is 15.1. The van der Waals surface area contributed by atoms with Gasteiger partial charge >= 0.3 is 6.03 Å². The van der Waals surface area contributed by atoms with Gasteiger partial charge in [-0.2, -0.15) is 0 Å². The van der Waals surface area contributed by atoms with Gasteiger partial charge in [-0.25, -0.2) is 4.79 Å². The fourth-order valence-electron chi connectivity index (χ4n) is 2.48. The minimum atomic E-state index is 0.0180. The van der Waals surface area contributed by atoms with Crippen molar-refractivity contribution in [1.82, 2.24) is 15.1 Å². The van der Waals surface area contributed by atoms with Crippen LogP contribution in [0.4, 0.5) is 4.79 Å². The maximum absolute atomic E-state index is 12.1. The van der Waals surface area contributed by atoms with Crippen molar-refractivity contribution in [3.8, 4) is 0 Å². The smallest absolute Gasteiger partial charge is 0.317 e. The minimum Gasteiger partial charge on any atom is -0.338 e. The number of hydrogen-bond acceptors (Lipinski definition) is 3. The van der Waals surface area contributed by atoms with E-state index in [-0.39, 0.29) is 6.03 Å². The SMILES string of the molecule is NCCN1CCN(C(=O)NCCc2cccc(Cl)c2)CC1. The van der Waals surface area contributed by atoms with Crippen LogP contribution < -0.4 is 11.1 Å². The molecule has 0 spiro atoms. The van der Waals surface area contributed by atoms with E-state index >= 15 is 0 Å². The first-order chi connectivity index (χ1) is 10.2. The topological polar surface area (TPSA) is 61.6 Å². The molecule has 1 aliphatic rings. The summed E-state index contributed by atoms with van der Waals surface area (Å²) in [6.45, 7) is 5.54. The number of nitrogens with zero attached hydrogens (tertiary/aromatic N) is 2. The Morgan fingerprint density at radius 2 is 2.05 bits per heavy atom. The molecule has 21 heavy (non-hydrogen) atoms. The number of piperazine rings is 1. The average Bonchev–Trinajstić information content (AvgIpc) is 2.48. The molecule has 1 fully saturated rings. The van der Waals surface area contributed by atoms with Crippen LogP contribution in [0.25, 0.3) is 0 Å². The second-order valence-electron chi connectivity index (χ2n) is 5.23. The molecule has 0 unspecified atom stereocenters. The molecule has 2 rings (SSSR count). The highest BCUT2D eigenvalue weighted by atomic mass is 35.5. The van der Waals surface area contributed by atoms with Crippen molar-refractivity contribution in [2.45, 2.75) is 6.42 Å². The van der Waals surface area contributed by atoms with Crippen LogP contribution in [-0.4, -0.2) is 61.6 Å². The van der Waals surface area contributed by atoms with Gasteiger partial charge in [0.1, 0.15) is 0 Å². The first-order valence-corrected chi connectivity index (χ1v) is 7.76. The highest BCUT2D eigenvalue weighted by Gasteiger charge is 2.19. The van der Waals surface area contributed by atoms with Gasteiger partial charge in [0.2, 0.25) is 0 Å². The quantitative estimate of drug-likeness (QED) is 0.858. The molecule has 0 aliphatic carbocycles. The van der Waals surface area contributed by atoms with Crippen molar-refractivity contribution < 1.29 is 4.79 Å². The molecule has 0 bridgehead atoms. The first-order valence-electron chi connectivity index (χ1n) is 7.38. The van der Waals surface area contributed by atoms with Crippen LogP contribution in [0.2, 0.25) is 5.02 Å². The molecule has 0 aromatic heterocycles. The molecule has 3 N–H and O–H groups in total. The molecule has 2 amide bonds. The molecule has 116 valence electrons. The Labute approximate surface area is 131 Å². The van der Waals surface area contributed by atoms with Crippen molar-refractivity contribution in [3.05, 3.63) is 34.9 Å². The predicted molar refractivity (Wildman–Crippen MR) is 85.6 cm³/mol. The predicted octanol–water partition coefficient (Wildman–Crippen LogP) is 1.17. The third kappa shape index (κ3) is 5.19. The third-order valence-corrected chi connectivity index (χ3v) is 3.92. The van der Waals surface area contributed by atoms with Gasteiger partial charge in [0.25, 0.3) is 0 Å². The molecule has 0 saturated carbocycles. The lowest BCUT2D eigenvalue weighted by Crippen LogP contribution is -2.52.